The minimum Gasteiger partial charge on any atom is -0.308 e. The van der Waals surface area contributed by atoms with Crippen LogP contribution in [-0.4, -0.2) is 39.2 Å². The normalized spacial score (nSPS) is 15.1. The van der Waals surface area contributed by atoms with Crippen molar-refractivity contribution in [2.24, 2.45) is 0 Å². The number of carbonyl (C=O) groups excluding carboxylic acids is 2. The number of nitrogens with one attached hydrogen (secondary N) is 1. The van der Waals surface area contributed by atoms with Crippen LogP contribution in [0.1, 0.15) is 24.8 Å². The van der Waals surface area contributed by atoms with Gasteiger partial charge in [0.15, 0.2) is 0 Å². The lowest BCUT2D eigenvalue weighted by Gasteiger charge is -2.19. The van der Waals surface area contributed by atoms with Crippen molar-refractivity contribution in [3.63, 3.8) is 0 Å². The molecule has 1 aliphatic rings. The van der Waals surface area contributed by atoms with Gasteiger partial charge >= 0.3 is 0 Å². The van der Waals surface area contributed by atoms with E-state index in [1.54, 1.807) is 11.6 Å². The minimum atomic E-state index is -0.267. The monoisotopic (exact) mass is 298 g/mol. The van der Waals surface area contributed by atoms with E-state index in [0.717, 1.165) is 5.01 Å². The van der Waals surface area contributed by atoms with Gasteiger partial charge in [0.25, 0.3) is 0 Å². The van der Waals surface area contributed by atoms with Gasteiger partial charge in [-0.15, -0.1) is 22.0 Å². The van der Waals surface area contributed by atoms with Crippen LogP contribution in [0.25, 0.3) is 0 Å². The highest BCUT2D eigenvalue weighted by Crippen LogP contribution is 2.22. The first-order valence-electron chi connectivity index (χ1n) is 5.77. The van der Waals surface area contributed by atoms with E-state index in [-0.39, 0.29) is 24.3 Å². The predicted molar refractivity (Wildman–Crippen MR) is 75.9 cm³/mol. The van der Waals surface area contributed by atoms with Crippen LogP contribution < -0.4 is 5.32 Å². The fourth-order valence-electron chi connectivity index (χ4n) is 1.37. The van der Waals surface area contributed by atoms with E-state index in [4.69, 9.17) is 0 Å². The molecule has 0 radical (unpaired) electrons. The highest BCUT2D eigenvalue weighted by molar-refractivity contribution is 8.02. The average molecular weight is 298 g/mol. The Morgan fingerprint density at radius 3 is 2.95 bits per heavy atom. The van der Waals surface area contributed by atoms with E-state index in [1.807, 2.05) is 13.8 Å². The summed E-state index contributed by atoms with van der Waals surface area (Å²) in [7, 11) is 0. The van der Waals surface area contributed by atoms with E-state index in [1.165, 1.54) is 28.0 Å². The van der Waals surface area contributed by atoms with E-state index >= 15 is 0 Å². The SMILES string of the molecule is CC(C)c1nnc(NC(=O)CN2C=CSCC2=O)s1. The second-order valence-corrected chi connectivity index (χ2v) is 6.17. The number of hydrogen-bond donors (Lipinski definition) is 1. The highest BCUT2D eigenvalue weighted by atomic mass is 32.2. The third-order valence-corrected chi connectivity index (χ3v) is 4.23. The molecule has 0 aromatic carbocycles. The molecule has 8 heteroatoms. The average Bonchev–Trinajstić information content (AvgIpc) is 2.80. The Morgan fingerprint density at radius 1 is 1.53 bits per heavy atom. The van der Waals surface area contributed by atoms with E-state index in [9.17, 15) is 9.59 Å². The molecule has 0 saturated heterocycles. The molecule has 19 heavy (non-hydrogen) atoms. The molecule has 0 atom stereocenters. The molecule has 2 amide bonds. The standard InChI is InChI=1S/C11H14N4O2S2/c1-7(2)10-13-14-11(19-10)12-8(16)5-15-3-4-18-6-9(15)17/h3-4,7H,5-6H2,1-2H3,(H,12,14,16). The van der Waals surface area contributed by atoms with Gasteiger partial charge in [-0.25, -0.2) is 0 Å². The number of amides is 2. The second-order valence-electron chi connectivity index (χ2n) is 4.27. The van der Waals surface area contributed by atoms with Crippen LogP contribution in [0.5, 0.6) is 0 Å². The Hall–Kier alpha value is -1.41. The number of carbonyl (C=O) groups is 2. The van der Waals surface area contributed by atoms with Gasteiger partial charge in [0.1, 0.15) is 11.6 Å². The third-order valence-electron chi connectivity index (χ3n) is 2.36. The number of aromatic nitrogens is 2. The molecule has 0 spiro atoms. The number of anilines is 1. The van der Waals surface area contributed by atoms with Crippen molar-refractivity contribution in [1.82, 2.24) is 15.1 Å². The van der Waals surface area contributed by atoms with Crippen LogP contribution in [-0.2, 0) is 9.59 Å². The summed E-state index contributed by atoms with van der Waals surface area (Å²) in [6, 6.07) is 0. The van der Waals surface area contributed by atoms with Crippen molar-refractivity contribution in [3.05, 3.63) is 16.6 Å². The Labute approximate surface area is 119 Å². The van der Waals surface area contributed by atoms with Gasteiger partial charge in [0, 0.05) is 12.1 Å². The molecule has 102 valence electrons. The second kappa shape index (κ2) is 6.16. The van der Waals surface area contributed by atoms with Crippen molar-refractivity contribution in [2.75, 3.05) is 17.6 Å². The Balaban J connectivity index is 1.91. The fraction of sp³-hybridized carbons (Fsp3) is 0.455. The summed E-state index contributed by atoms with van der Waals surface area (Å²) < 4.78 is 0. The van der Waals surface area contributed by atoms with Crippen LogP contribution in [0, 0.1) is 0 Å². The van der Waals surface area contributed by atoms with Gasteiger partial charge in [-0.1, -0.05) is 25.2 Å². The van der Waals surface area contributed by atoms with Crippen molar-refractivity contribution < 1.29 is 9.59 Å². The number of hydrogen-bond acceptors (Lipinski definition) is 6. The molecule has 0 aliphatic carbocycles. The zero-order valence-electron chi connectivity index (χ0n) is 10.6. The van der Waals surface area contributed by atoms with Gasteiger partial charge in [-0.05, 0) is 5.41 Å². The van der Waals surface area contributed by atoms with E-state index in [0.29, 0.717) is 10.9 Å². The molecule has 0 bridgehead atoms. The summed E-state index contributed by atoms with van der Waals surface area (Å²) in [5.41, 5.74) is 0. The fourth-order valence-corrected chi connectivity index (χ4v) is 2.77. The first kappa shape index (κ1) is 14.0. The molecule has 0 fully saturated rings. The van der Waals surface area contributed by atoms with Crippen molar-refractivity contribution >= 4 is 40.0 Å². The lowest BCUT2D eigenvalue weighted by Crippen LogP contribution is -2.36. The van der Waals surface area contributed by atoms with E-state index in [2.05, 4.69) is 15.5 Å². The van der Waals surface area contributed by atoms with Crippen LogP contribution in [0.15, 0.2) is 11.6 Å². The van der Waals surface area contributed by atoms with Crippen molar-refractivity contribution in [2.45, 2.75) is 19.8 Å². The van der Waals surface area contributed by atoms with Gasteiger partial charge in [-0.3, -0.25) is 14.9 Å². The molecule has 1 aliphatic heterocycles. The van der Waals surface area contributed by atoms with Gasteiger partial charge in [0.05, 0.1) is 5.75 Å². The van der Waals surface area contributed by atoms with Gasteiger partial charge in [-0.2, -0.15) is 0 Å². The molecule has 0 saturated carbocycles. The summed E-state index contributed by atoms with van der Waals surface area (Å²) in [6.07, 6.45) is 1.62. The first-order chi connectivity index (χ1) is 9.06. The maximum absolute atomic E-state index is 11.8. The highest BCUT2D eigenvalue weighted by Gasteiger charge is 2.18. The first-order valence-corrected chi connectivity index (χ1v) is 7.64. The van der Waals surface area contributed by atoms with Gasteiger partial charge < -0.3 is 4.90 Å². The molecule has 1 aromatic rings. The molecule has 1 aromatic heterocycles. The molecule has 0 unspecified atom stereocenters. The van der Waals surface area contributed by atoms with Crippen LogP contribution in [0.4, 0.5) is 5.13 Å². The maximum atomic E-state index is 11.8. The minimum absolute atomic E-state index is 0.00643. The van der Waals surface area contributed by atoms with Crippen molar-refractivity contribution in [3.8, 4) is 0 Å². The molecule has 2 rings (SSSR count). The number of nitrogens with zero attached hydrogens (tertiary/aromatic N) is 3. The molecule has 6 nitrogen and oxygen atoms in total. The topological polar surface area (TPSA) is 75.2 Å². The lowest BCUT2D eigenvalue weighted by molar-refractivity contribution is -0.129. The Morgan fingerprint density at radius 2 is 2.32 bits per heavy atom. The zero-order valence-corrected chi connectivity index (χ0v) is 12.3. The van der Waals surface area contributed by atoms with Crippen LogP contribution >= 0.6 is 23.1 Å². The zero-order chi connectivity index (χ0) is 13.8. The largest absolute Gasteiger partial charge is 0.308 e. The number of rotatable bonds is 4. The summed E-state index contributed by atoms with van der Waals surface area (Å²) in [4.78, 5) is 24.7. The van der Waals surface area contributed by atoms with E-state index < -0.39 is 0 Å². The van der Waals surface area contributed by atoms with Crippen molar-refractivity contribution in [1.29, 1.82) is 0 Å². The molecule has 2 heterocycles. The lowest BCUT2D eigenvalue weighted by atomic mass is 10.2. The summed E-state index contributed by atoms with van der Waals surface area (Å²) in [6.45, 7) is 4.04. The Bertz CT molecular complexity index is 513. The summed E-state index contributed by atoms with van der Waals surface area (Å²) in [5.74, 6) is 0.325. The molecular weight excluding hydrogens is 284 g/mol. The van der Waals surface area contributed by atoms with Gasteiger partial charge in [0.2, 0.25) is 16.9 Å². The predicted octanol–water partition coefficient (Wildman–Crippen LogP) is 1.65. The maximum Gasteiger partial charge on any atom is 0.246 e. The molecular formula is C11H14N4O2S2. The van der Waals surface area contributed by atoms with Crippen LogP contribution in [0.3, 0.4) is 0 Å². The number of thioether (sulfide) groups is 1. The summed E-state index contributed by atoms with van der Waals surface area (Å²) in [5, 5.41) is 13.7. The Kier molecular flexibility index (Phi) is 4.54. The summed E-state index contributed by atoms with van der Waals surface area (Å²) >= 11 is 2.77. The quantitative estimate of drug-likeness (QED) is 0.914. The third kappa shape index (κ3) is 3.77. The smallest absolute Gasteiger partial charge is 0.246 e. The van der Waals surface area contributed by atoms with Crippen LogP contribution in [0.2, 0.25) is 0 Å². The molecule has 1 N–H and O–H groups in total.